The summed E-state index contributed by atoms with van der Waals surface area (Å²) in [4.78, 5) is 19.1. The fraction of sp³-hybridized carbons (Fsp3) is 0.500. The van der Waals surface area contributed by atoms with Crippen molar-refractivity contribution in [3.8, 4) is 5.75 Å². The summed E-state index contributed by atoms with van der Waals surface area (Å²) in [6.07, 6.45) is 6.77. The molecular weight excluding hydrogens is 376 g/mol. The first-order valence-electron chi connectivity index (χ1n) is 10.6. The number of carbonyl (C=O) groups excluding carboxylic acids is 1. The molecule has 6 heteroatoms. The Balaban J connectivity index is 2.17. The maximum absolute atomic E-state index is 12.9. The van der Waals surface area contributed by atoms with E-state index in [2.05, 4.69) is 43.3 Å². The molecule has 1 aromatic carbocycles. The van der Waals surface area contributed by atoms with Crippen molar-refractivity contribution in [1.82, 2.24) is 10.3 Å². The van der Waals surface area contributed by atoms with Crippen molar-refractivity contribution >= 4 is 17.4 Å². The van der Waals surface area contributed by atoms with Crippen LogP contribution in [0.3, 0.4) is 0 Å². The van der Waals surface area contributed by atoms with Gasteiger partial charge in [0.1, 0.15) is 5.75 Å². The number of unbranched alkanes of at least 4 members (excludes halogenated alkanes) is 2. The molecule has 0 spiro atoms. The summed E-state index contributed by atoms with van der Waals surface area (Å²) in [5.41, 5.74) is 2.48. The summed E-state index contributed by atoms with van der Waals surface area (Å²) < 4.78 is 6.01. The molecule has 0 radical (unpaired) electrons. The van der Waals surface area contributed by atoms with E-state index in [1.54, 1.807) is 12.4 Å². The molecule has 1 heterocycles. The monoisotopic (exact) mass is 412 g/mol. The Morgan fingerprint density at radius 3 is 2.57 bits per heavy atom. The first-order valence-corrected chi connectivity index (χ1v) is 10.6. The van der Waals surface area contributed by atoms with E-state index >= 15 is 0 Å². The van der Waals surface area contributed by atoms with Gasteiger partial charge in [0.15, 0.2) is 0 Å². The quantitative estimate of drug-likeness (QED) is 0.524. The number of pyridine rings is 1. The second-order valence-corrected chi connectivity index (χ2v) is 8.81. The minimum atomic E-state index is -0.269. The number of anilines is 2. The van der Waals surface area contributed by atoms with Crippen LogP contribution < -0.4 is 20.3 Å². The van der Waals surface area contributed by atoms with Crippen LogP contribution >= 0.6 is 0 Å². The van der Waals surface area contributed by atoms with Crippen molar-refractivity contribution in [2.75, 3.05) is 30.9 Å². The van der Waals surface area contributed by atoms with E-state index in [0.29, 0.717) is 18.0 Å². The molecule has 0 aliphatic heterocycles. The van der Waals surface area contributed by atoms with Crippen molar-refractivity contribution in [2.24, 2.45) is 5.41 Å². The van der Waals surface area contributed by atoms with Gasteiger partial charge in [-0.2, -0.15) is 0 Å². The van der Waals surface area contributed by atoms with Crippen LogP contribution in [0.1, 0.15) is 58.6 Å². The minimum Gasteiger partial charge on any atom is -0.491 e. The number of ether oxygens (including phenoxy) is 1. The van der Waals surface area contributed by atoms with E-state index in [0.717, 1.165) is 30.5 Å². The molecule has 0 fully saturated rings. The number of nitrogens with zero attached hydrogens (tertiary/aromatic N) is 2. The SMILES string of the molecule is CCCCCOc1cc(N(C)C)ccc1NC(=O)NC(c1cccnc1)C(C)(C)C. The summed E-state index contributed by atoms with van der Waals surface area (Å²) in [7, 11) is 3.97. The molecule has 2 aromatic rings. The van der Waals surface area contributed by atoms with Crippen LogP contribution in [0.5, 0.6) is 5.75 Å². The number of nitrogens with one attached hydrogen (secondary N) is 2. The van der Waals surface area contributed by atoms with Crippen LogP contribution in [-0.2, 0) is 0 Å². The Hall–Kier alpha value is -2.76. The average Bonchev–Trinajstić information content (AvgIpc) is 2.70. The fourth-order valence-corrected chi connectivity index (χ4v) is 3.18. The number of aromatic nitrogens is 1. The van der Waals surface area contributed by atoms with Gasteiger partial charge in [-0.1, -0.05) is 46.6 Å². The van der Waals surface area contributed by atoms with E-state index in [9.17, 15) is 4.79 Å². The highest BCUT2D eigenvalue weighted by atomic mass is 16.5. The zero-order valence-electron chi connectivity index (χ0n) is 19.2. The highest BCUT2D eigenvalue weighted by Gasteiger charge is 2.28. The van der Waals surface area contributed by atoms with Gasteiger partial charge in [0, 0.05) is 38.2 Å². The number of urea groups is 1. The van der Waals surface area contributed by atoms with Gasteiger partial charge < -0.3 is 20.3 Å². The highest BCUT2D eigenvalue weighted by Crippen LogP contribution is 2.33. The molecule has 30 heavy (non-hydrogen) atoms. The second-order valence-electron chi connectivity index (χ2n) is 8.81. The summed E-state index contributed by atoms with van der Waals surface area (Å²) in [6.45, 7) is 9.08. The lowest BCUT2D eigenvalue weighted by atomic mass is 9.83. The molecule has 1 atom stereocenters. The zero-order valence-corrected chi connectivity index (χ0v) is 19.2. The molecule has 0 saturated heterocycles. The van der Waals surface area contributed by atoms with Gasteiger partial charge in [-0.25, -0.2) is 4.79 Å². The number of hydrogen-bond acceptors (Lipinski definition) is 4. The molecule has 0 saturated carbocycles. The maximum atomic E-state index is 12.9. The second kappa shape index (κ2) is 10.9. The van der Waals surface area contributed by atoms with Crippen molar-refractivity contribution in [2.45, 2.75) is 53.0 Å². The molecule has 6 nitrogen and oxygen atoms in total. The lowest BCUT2D eigenvalue weighted by molar-refractivity contribution is 0.229. The van der Waals surface area contributed by atoms with Crippen LogP contribution in [0.4, 0.5) is 16.2 Å². The van der Waals surface area contributed by atoms with Gasteiger partial charge in [0.05, 0.1) is 18.3 Å². The summed E-state index contributed by atoms with van der Waals surface area (Å²) in [5, 5.41) is 6.08. The van der Waals surface area contributed by atoms with Gasteiger partial charge in [-0.3, -0.25) is 4.98 Å². The molecule has 2 rings (SSSR count). The predicted octanol–water partition coefficient (Wildman–Crippen LogP) is 5.63. The van der Waals surface area contributed by atoms with Crippen molar-refractivity contribution in [3.63, 3.8) is 0 Å². The van der Waals surface area contributed by atoms with Crippen LogP contribution in [0.2, 0.25) is 0 Å². The average molecular weight is 413 g/mol. The van der Waals surface area contributed by atoms with E-state index in [1.165, 1.54) is 0 Å². The number of benzene rings is 1. The van der Waals surface area contributed by atoms with Crippen molar-refractivity contribution < 1.29 is 9.53 Å². The minimum absolute atomic E-state index is 0.172. The van der Waals surface area contributed by atoms with Crippen LogP contribution in [0.25, 0.3) is 0 Å². The van der Waals surface area contributed by atoms with Gasteiger partial charge in [-0.05, 0) is 35.6 Å². The van der Waals surface area contributed by atoms with Gasteiger partial charge in [0.25, 0.3) is 0 Å². The first-order chi connectivity index (χ1) is 14.2. The molecule has 1 aromatic heterocycles. The van der Waals surface area contributed by atoms with E-state index in [-0.39, 0.29) is 17.5 Å². The molecule has 2 N–H and O–H groups in total. The molecule has 2 amide bonds. The van der Waals surface area contributed by atoms with Crippen LogP contribution in [0, 0.1) is 5.41 Å². The number of carbonyl (C=O) groups is 1. The Bertz CT molecular complexity index is 801. The lowest BCUT2D eigenvalue weighted by Gasteiger charge is -2.31. The number of rotatable bonds is 9. The third-order valence-corrected chi connectivity index (χ3v) is 4.89. The lowest BCUT2D eigenvalue weighted by Crippen LogP contribution is -2.39. The smallest absolute Gasteiger partial charge is 0.319 e. The Morgan fingerprint density at radius 1 is 1.20 bits per heavy atom. The first kappa shape index (κ1) is 23.5. The Labute approximate surface area is 181 Å². The number of amides is 2. The standard InChI is InChI=1S/C24H36N4O2/c1-7-8-9-15-30-21-16-19(28(5)6)12-13-20(21)26-23(29)27-22(24(2,3)4)18-11-10-14-25-17-18/h10-14,16-17,22H,7-9,15H2,1-6H3,(H2,26,27,29). The fourth-order valence-electron chi connectivity index (χ4n) is 3.18. The Kier molecular flexibility index (Phi) is 8.51. The van der Waals surface area contributed by atoms with Crippen LogP contribution in [0.15, 0.2) is 42.7 Å². The zero-order chi connectivity index (χ0) is 22.1. The van der Waals surface area contributed by atoms with E-state index in [1.807, 2.05) is 49.3 Å². The third-order valence-electron chi connectivity index (χ3n) is 4.89. The van der Waals surface area contributed by atoms with E-state index in [4.69, 9.17) is 4.74 Å². The number of hydrogen-bond donors (Lipinski definition) is 2. The third kappa shape index (κ3) is 6.94. The van der Waals surface area contributed by atoms with Gasteiger partial charge in [0.2, 0.25) is 0 Å². The van der Waals surface area contributed by atoms with Gasteiger partial charge in [-0.15, -0.1) is 0 Å². The molecule has 164 valence electrons. The predicted molar refractivity (Wildman–Crippen MR) is 124 cm³/mol. The maximum Gasteiger partial charge on any atom is 0.319 e. The summed E-state index contributed by atoms with van der Waals surface area (Å²) in [6, 6.07) is 9.24. The molecule has 0 aliphatic rings. The van der Waals surface area contributed by atoms with Crippen LogP contribution in [-0.4, -0.2) is 31.7 Å². The van der Waals surface area contributed by atoms with E-state index < -0.39 is 0 Å². The van der Waals surface area contributed by atoms with Crippen molar-refractivity contribution in [1.29, 1.82) is 0 Å². The normalized spacial score (nSPS) is 12.2. The largest absolute Gasteiger partial charge is 0.491 e. The van der Waals surface area contributed by atoms with Gasteiger partial charge >= 0.3 is 6.03 Å². The molecular formula is C24H36N4O2. The summed E-state index contributed by atoms with van der Waals surface area (Å²) in [5.74, 6) is 0.682. The Morgan fingerprint density at radius 2 is 1.97 bits per heavy atom. The molecule has 1 unspecified atom stereocenters. The van der Waals surface area contributed by atoms with Crippen molar-refractivity contribution in [3.05, 3.63) is 48.3 Å². The topological polar surface area (TPSA) is 66.5 Å². The molecule has 0 bridgehead atoms. The molecule has 0 aliphatic carbocycles. The summed E-state index contributed by atoms with van der Waals surface area (Å²) >= 11 is 0. The highest BCUT2D eigenvalue weighted by molar-refractivity contribution is 5.91.